The molecule has 0 aliphatic heterocycles. The molecule has 1 aromatic rings. The molecule has 6 heteroatoms. The molecule has 0 spiro atoms. The van der Waals surface area contributed by atoms with Crippen molar-refractivity contribution in [2.24, 2.45) is 5.73 Å². The third kappa shape index (κ3) is 4.82. The van der Waals surface area contributed by atoms with E-state index in [2.05, 4.69) is 5.32 Å². The van der Waals surface area contributed by atoms with E-state index in [9.17, 15) is 13.6 Å². The third-order valence-corrected chi connectivity index (χ3v) is 2.19. The number of halogens is 2. The molecular formula is C13H18F2N2O2. The van der Waals surface area contributed by atoms with Crippen LogP contribution < -0.4 is 11.1 Å². The van der Waals surface area contributed by atoms with Gasteiger partial charge in [-0.25, -0.2) is 13.6 Å². The molecule has 0 saturated carbocycles. The standard InChI is InChI=1S/C13H18F2N2O2/c1-13(2,3)19-12(18)17-8-4-5-10(14)9(6-8)11(15)7-16/h4-6,11H,7,16H2,1-3H3,(H,17,18). The van der Waals surface area contributed by atoms with Crippen molar-refractivity contribution in [2.45, 2.75) is 32.5 Å². The summed E-state index contributed by atoms with van der Waals surface area (Å²) in [6.45, 7) is 4.82. The molecule has 19 heavy (non-hydrogen) atoms. The predicted molar refractivity (Wildman–Crippen MR) is 69.2 cm³/mol. The zero-order valence-corrected chi connectivity index (χ0v) is 11.2. The van der Waals surface area contributed by atoms with Gasteiger partial charge in [-0.3, -0.25) is 5.32 Å². The molecule has 1 rings (SSSR count). The van der Waals surface area contributed by atoms with Crippen molar-refractivity contribution in [1.29, 1.82) is 0 Å². The van der Waals surface area contributed by atoms with Crippen molar-refractivity contribution in [3.05, 3.63) is 29.6 Å². The summed E-state index contributed by atoms with van der Waals surface area (Å²) < 4.78 is 31.8. The molecule has 0 heterocycles. The van der Waals surface area contributed by atoms with E-state index in [0.29, 0.717) is 0 Å². The molecule has 0 radical (unpaired) electrons. The highest BCUT2D eigenvalue weighted by molar-refractivity contribution is 5.85. The monoisotopic (exact) mass is 272 g/mol. The molecule has 1 atom stereocenters. The molecular weight excluding hydrogens is 254 g/mol. The molecule has 0 fully saturated rings. The molecule has 0 saturated heterocycles. The number of alkyl halides is 1. The summed E-state index contributed by atoms with van der Waals surface area (Å²) in [7, 11) is 0. The fourth-order valence-corrected chi connectivity index (χ4v) is 1.41. The van der Waals surface area contributed by atoms with Gasteiger partial charge >= 0.3 is 6.09 Å². The van der Waals surface area contributed by atoms with E-state index in [0.717, 1.165) is 6.07 Å². The number of nitrogens with two attached hydrogens (primary N) is 1. The summed E-state index contributed by atoms with van der Waals surface area (Å²) >= 11 is 0. The molecule has 1 unspecified atom stereocenters. The van der Waals surface area contributed by atoms with Gasteiger partial charge in [0, 0.05) is 17.8 Å². The second-order valence-corrected chi connectivity index (χ2v) is 5.07. The number of amides is 1. The number of anilines is 1. The summed E-state index contributed by atoms with van der Waals surface area (Å²) in [4.78, 5) is 11.5. The van der Waals surface area contributed by atoms with Gasteiger partial charge in [0.2, 0.25) is 0 Å². The van der Waals surface area contributed by atoms with Crippen LogP contribution in [-0.4, -0.2) is 18.2 Å². The van der Waals surface area contributed by atoms with Crippen molar-refractivity contribution >= 4 is 11.8 Å². The summed E-state index contributed by atoms with van der Waals surface area (Å²) in [6, 6.07) is 3.60. The molecule has 0 aliphatic rings. The van der Waals surface area contributed by atoms with Crippen LogP contribution in [0.3, 0.4) is 0 Å². The zero-order chi connectivity index (χ0) is 14.6. The second-order valence-electron chi connectivity index (χ2n) is 5.07. The van der Waals surface area contributed by atoms with E-state index >= 15 is 0 Å². The van der Waals surface area contributed by atoms with Crippen LogP contribution in [0.4, 0.5) is 19.3 Å². The van der Waals surface area contributed by atoms with Crippen LogP contribution in [-0.2, 0) is 4.74 Å². The number of carbonyl (C=O) groups is 1. The summed E-state index contributed by atoms with van der Waals surface area (Å²) in [5.41, 5.74) is 4.58. The Kier molecular flexibility index (Phi) is 4.83. The fraction of sp³-hybridized carbons (Fsp3) is 0.462. The molecule has 0 aromatic heterocycles. The van der Waals surface area contributed by atoms with Crippen molar-refractivity contribution in [3.8, 4) is 0 Å². The minimum Gasteiger partial charge on any atom is -0.444 e. The van der Waals surface area contributed by atoms with Gasteiger partial charge in [-0.2, -0.15) is 0 Å². The molecule has 4 nitrogen and oxygen atoms in total. The number of nitrogens with one attached hydrogen (secondary N) is 1. The van der Waals surface area contributed by atoms with Gasteiger partial charge in [-0.1, -0.05) is 0 Å². The molecule has 0 bridgehead atoms. The lowest BCUT2D eigenvalue weighted by molar-refractivity contribution is 0.0636. The Labute approximate surface area is 110 Å². The van der Waals surface area contributed by atoms with Gasteiger partial charge in [0.25, 0.3) is 0 Å². The first-order valence-electron chi connectivity index (χ1n) is 5.86. The lowest BCUT2D eigenvalue weighted by Gasteiger charge is -2.20. The van der Waals surface area contributed by atoms with E-state index in [1.807, 2.05) is 0 Å². The Balaban J connectivity index is 2.83. The Morgan fingerprint density at radius 1 is 1.47 bits per heavy atom. The Morgan fingerprint density at radius 2 is 2.11 bits per heavy atom. The van der Waals surface area contributed by atoms with Gasteiger partial charge in [0.05, 0.1) is 0 Å². The van der Waals surface area contributed by atoms with E-state index in [4.69, 9.17) is 10.5 Å². The summed E-state index contributed by atoms with van der Waals surface area (Å²) in [5.74, 6) is -0.701. The largest absolute Gasteiger partial charge is 0.444 e. The van der Waals surface area contributed by atoms with Crippen LogP contribution in [0.5, 0.6) is 0 Å². The zero-order valence-electron chi connectivity index (χ0n) is 11.2. The minimum absolute atomic E-state index is 0.184. The van der Waals surface area contributed by atoms with Gasteiger partial charge in [-0.15, -0.1) is 0 Å². The number of benzene rings is 1. The van der Waals surface area contributed by atoms with Crippen LogP contribution in [0.25, 0.3) is 0 Å². The van der Waals surface area contributed by atoms with Crippen LogP contribution in [0.2, 0.25) is 0 Å². The van der Waals surface area contributed by atoms with Crippen molar-refractivity contribution in [1.82, 2.24) is 0 Å². The van der Waals surface area contributed by atoms with E-state index < -0.39 is 23.7 Å². The van der Waals surface area contributed by atoms with Crippen LogP contribution >= 0.6 is 0 Å². The maximum absolute atomic E-state index is 13.4. The first-order valence-corrected chi connectivity index (χ1v) is 5.86. The van der Waals surface area contributed by atoms with Crippen LogP contribution in [0, 0.1) is 5.82 Å². The Morgan fingerprint density at radius 3 is 2.63 bits per heavy atom. The van der Waals surface area contributed by atoms with Crippen molar-refractivity contribution in [3.63, 3.8) is 0 Å². The highest BCUT2D eigenvalue weighted by Gasteiger charge is 2.18. The highest BCUT2D eigenvalue weighted by Crippen LogP contribution is 2.23. The lowest BCUT2D eigenvalue weighted by Crippen LogP contribution is -2.27. The van der Waals surface area contributed by atoms with E-state index in [-0.39, 0.29) is 17.8 Å². The topological polar surface area (TPSA) is 64.3 Å². The maximum Gasteiger partial charge on any atom is 0.412 e. The van der Waals surface area contributed by atoms with E-state index in [1.165, 1.54) is 12.1 Å². The number of rotatable bonds is 3. The Hall–Kier alpha value is -1.69. The van der Waals surface area contributed by atoms with Crippen LogP contribution in [0.15, 0.2) is 18.2 Å². The maximum atomic E-state index is 13.4. The lowest BCUT2D eigenvalue weighted by atomic mass is 10.1. The number of hydrogen-bond donors (Lipinski definition) is 2. The van der Waals surface area contributed by atoms with Crippen molar-refractivity contribution < 1.29 is 18.3 Å². The molecule has 1 aromatic carbocycles. The minimum atomic E-state index is -1.61. The quantitative estimate of drug-likeness (QED) is 0.888. The average Bonchev–Trinajstić information content (AvgIpc) is 2.28. The first-order chi connectivity index (χ1) is 8.73. The fourth-order valence-electron chi connectivity index (χ4n) is 1.41. The third-order valence-electron chi connectivity index (χ3n) is 2.19. The van der Waals surface area contributed by atoms with Gasteiger partial charge < -0.3 is 10.5 Å². The molecule has 3 N–H and O–H groups in total. The molecule has 106 valence electrons. The Bertz CT molecular complexity index is 458. The van der Waals surface area contributed by atoms with Crippen LogP contribution in [0.1, 0.15) is 32.5 Å². The van der Waals surface area contributed by atoms with Gasteiger partial charge in [0.15, 0.2) is 0 Å². The van der Waals surface area contributed by atoms with Gasteiger partial charge in [-0.05, 0) is 39.0 Å². The SMILES string of the molecule is CC(C)(C)OC(=O)Nc1ccc(F)c(C(F)CN)c1. The number of ether oxygens (including phenoxy) is 1. The predicted octanol–water partition coefficient (Wildman–Crippen LogP) is 3.14. The van der Waals surface area contributed by atoms with Gasteiger partial charge in [0.1, 0.15) is 17.6 Å². The number of carbonyl (C=O) groups excluding carboxylic acids is 1. The van der Waals surface area contributed by atoms with Crippen molar-refractivity contribution in [2.75, 3.05) is 11.9 Å². The highest BCUT2D eigenvalue weighted by atomic mass is 19.1. The summed E-state index contributed by atoms with van der Waals surface area (Å²) in [6.07, 6.45) is -2.30. The normalized spacial score (nSPS) is 12.9. The number of hydrogen-bond acceptors (Lipinski definition) is 3. The molecule has 1 amide bonds. The smallest absolute Gasteiger partial charge is 0.412 e. The average molecular weight is 272 g/mol. The van der Waals surface area contributed by atoms with E-state index in [1.54, 1.807) is 20.8 Å². The second kappa shape index (κ2) is 5.97. The first kappa shape index (κ1) is 15.4. The molecule has 0 aliphatic carbocycles. The summed E-state index contributed by atoms with van der Waals surface area (Å²) in [5, 5.41) is 2.41.